The Morgan fingerprint density at radius 3 is 2.22 bits per heavy atom. The van der Waals surface area contributed by atoms with Gasteiger partial charge in [-0.3, -0.25) is 0 Å². The molecule has 0 bridgehead atoms. The van der Waals surface area contributed by atoms with E-state index in [0.717, 1.165) is 24.2 Å². The molecule has 100 valence electrons. The molecule has 3 heteroatoms. The minimum absolute atomic E-state index is 0.379. The van der Waals surface area contributed by atoms with E-state index in [1.807, 2.05) is 38.1 Å². The Balaban J connectivity index is 2.07. The van der Waals surface area contributed by atoms with E-state index >= 15 is 0 Å². The minimum atomic E-state index is -1.04. The molecular weight excluding hydrogens is 228 g/mol. The van der Waals surface area contributed by atoms with Crippen LogP contribution >= 0.6 is 0 Å². The lowest BCUT2D eigenvalue weighted by Crippen LogP contribution is -2.34. The lowest BCUT2D eigenvalue weighted by atomic mass is 9.86. The third kappa shape index (κ3) is 2.85. The lowest BCUT2D eigenvalue weighted by molar-refractivity contribution is -0.0820. The van der Waals surface area contributed by atoms with Gasteiger partial charge in [0.1, 0.15) is 11.9 Å². The average molecular weight is 250 g/mol. The zero-order chi connectivity index (χ0) is 13.2. The largest absolute Gasteiger partial charge is 0.490 e. The van der Waals surface area contributed by atoms with Gasteiger partial charge in [0.2, 0.25) is 0 Å². The van der Waals surface area contributed by atoms with Gasteiger partial charge in [0.25, 0.3) is 0 Å². The topological polar surface area (TPSA) is 49.7 Å². The SMILES string of the molecule is CCC(O)(CC)C(O)c1ccc(OC2CC2)cc1. The van der Waals surface area contributed by atoms with Crippen molar-refractivity contribution in [3.05, 3.63) is 29.8 Å². The summed E-state index contributed by atoms with van der Waals surface area (Å²) in [5.74, 6) is 0.838. The van der Waals surface area contributed by atoms with Crippen molar-refractivity contribution in [1.29, 1.82) is 0 Å². The first-order chi connectivity index (χ1) is 8.59. The van der Waals surface area contributed by atoms with E-state index in [0.29, 0.717) is 18.9 Å². The van der Waals surface area contributed by atoms with Crippen LogP contribution < -0.4 is 4.74 Å². The molecule has 1 fully saturated rings. The smallest absolute Gasteiger partial charge is 0.119 e. The highest BCUT2D eigenvalue weighted by Gasteiger charge is 2.33. The van der Waals surface area contributed by atoms with Gasteiger partial charge in [-0.2, -0.15) is 0 Å². The summed E-state index contributed by atoms with van der Waals surface area (Å²) in [6.07, 6.45) is 2.87. The highest BCUT2D eigenvalue weighted by molar-refractivity contribution is 5.30. The number of hydrogen-bond donors (Lipinski definition) is 2. The van der Waals surface area contributed by atoms with Crippen LogP contribution in [-0.4, -0.2) is 21.9 Å². The van der Waals surface area contributed by atoms with Gasteiger partial charge >= 0.3 is 0 Å². The van der Waals surface area contributed by atoms with Gasteiger partial charge in [-0.25, -0.2) is 0 Å². The zero-order valence-electron chi connectivity index (χ0n) is 11.1. The molecule has 1 atom stereocenters. The predicted octanol–water partition coefficient (Wildman–Crippen LogP) is 2.81. The molecule has 0 heterocycles. The Morgan fingerprint density at radius 1 is 1.22 bits per heavy atom. The summed E-state index contributed by atoms with van der Waals surface area (Å²) in [6.45, 7) is 3.77. The second-order valence-corrected chi connectivity index (χ2v) is 5.10. The first kappa shape index (κ1) is 13.4. The Kier molecular flexibility index (Phi) is 3.93. The summed E-state index contributed by atoms with van der Waals surface area (Å²) in [4.78, 5) is 0. The average Bonchev–Trinajstić information content (AvgIpc) is 3.22. The van der Waals surface area contributed by atoms with Crippen LogP contribution in [0.25, 0.3) is 0 Å². The Bertz CT molecular complexity index is 377. The van der Waals surface area contributed by atoms with E-state index < -0.39 is 11.7 Å². The molecule has 1 aliphatic carbocycles. The fourth-order valence-electron chi connectivity index (χ4n) is 2.05. The molecule has 2 N–H and O–H groups in total. The van der Waals surface area contributed by atoms with Crippen molar-refractivity contribution >= 4 is 0 Å². The molecule has 0 saturated heterocycles. The summed E-state index contributed by atoms with van der Waals surface area (Å²) >= 11 is 0. The summed E-state index contributed by atoms with van der Waals surface area (Å²) < 4.78 is 5.65. The van der Waals surface area contributed by atoms with E-state index in [2.05, 4.69) is 0 Å². The van der Waals surface area contributed by atoms with Gasteiger partial charge in [-0.1, -0.05) is 26.0 Å². The maximum Gasteiger partial charge on any atom is 0.119 e. The Morgan fingerprint density at radius 2 is 1.78 bits per heavy atom. The molecule has 0 spiro atoms. The minimum Gasteiger partial charge on any atom is -0.490 e. The van der Waals surface area contributed by atoms with E-state index in [1.165, 1.54) is 0 Å². The molecule has 1 aromatic rings. The van der Waals surface area contributed by atoms with Crippen molar-refractivity contribution < 1.29 is 14.9 Å². The molecule has 1 aliphatic rings. The van der Waals surface area contributed by atoms with Crippen molar-refractivity contribution in [2.24, 2.45) is 0 Å². The number of ether oxygens (including phenoxy) is 1. The van der Waals surface area contributed by atoms with E-state index in [1.54, 1.807) is 0 Å². The molecule has 1 saturated carbocycles. The molecule has 0 amide bonds. The van der Waals surface area contributed by atoms with Crippen molar-refractivity contribution in [2.75, 3.05) is 0 Å². The monoisotopic (exact) mass is 250 g/mol. The molecular formula is C15H22O3. The number of hydrogen-bond acceptors (Lipinski definition) is 3. The van der Waals surface area contributed by atoms with Gasteiger partial charge in [0, 0.05) is 0 Å². The predicted molar refractivity (Wildman–Crippen MR) is 70.6 cm³/mol. The first-order valence-corrected chi connectivity index (χ1v) is 6.76. The van der Waals surface area contributed by atoms with Crippen molar-refractivity contribution in [1.82, 2.24) is 0 Å². The quantitative estimate of drug-likeness (QED) is 0.816. The van der Waals surface area contributed by atoms with Crippen LogP contribution in [0.4, 0.5) is 0 Å². The third-order valence-corrected chi connectivity index (χ3v) is 3.76. The van der Waals surface area contributed by atoms with Crippen LogP contribution in [0.15, 0.2) is 24.3 Å². The molecule has 2 rings (SSSR count). The van der Waals surface area contributed by atoms with Crippen LogP contribution in [0.5, 0.6) is 5.75 Å². The highest BCUT2D eigenvalue weighted by atomic mass is 16.5. The standard InChI is InChI=1S/C15H22O3/c1-3-15(17,4-2)14(16)11-5-7-12(8-6-11)18-13-9-10-13/h5-8,13-14,16-17H,3-4,9-10H2,1-2H3. The van der Waals surface area contributed by atoms with E-state index in [9.17, 15) is 10.2 Å². The summed E-state index contributed by atoms with van der Waals surface area (Å²) in [6, 6.07) is 7.39. The molecule has 3 nitrogen and oxygen atoms in total. The van der Waals surface area contributed by atoms with Crippen LogP contribution in [-0.2, 0) is 0 Å². The highest BCUT2D eigenvalue weighted by Crippen LogP contribution is 2.33. The molecule has 0 aliphatic heterocycles. The number of benzene rings is 1. The molecule has 18 heavy (non-hydrogen) atoms. The number of rotatable bonds is 6. The van der Waals surface area contributed by atoms with Crippen molar-refractivity contribution in [3.63, 3.8) is 0 Å². The van der Waals surface area contributed by atoms with Gasteiger partial charge in [-0.15, -0.1) is 0 Å². The second kappa shape index (κ2) is 5.29. The van der Waals surface area contributed by atoms with E-state index in [4.69, 9.17) is 4.74 Å². The van der Waals surface area contributed by atoms with Crippen molar-refractivity contribution in [3.8, 4) is 5.75 Å². The molecule has 0 aromatic heterocycles. The van der Waals surface area contributed by atoms with Gasteiger partial charge < -0.3 is 14.9 Å². The maximum atomic E-state index is 10.3. The van der Waals surface area contributed by atoms with Crippen molar-refractivity contribution in [2.45, 2.75) is 57.3 Å². The fourth-order valence-corrected chi connectivity index (χ4v) is 2.05. The maximum absolute atomic E-state index is 10.3. The third-order valence-electron chi connectivity index (χ3n) is 3.76. The Hall–Kier alpha value is -1.06. The molecule has 0 radical (unpaired) electrons. The van der Waals surface area contributed by atoms with Gasteiger partial charge in [0.15, 0.2) is 0 Å². The fraction of sp³-hybridized carbons (Fsp3) is 0.600. The number of aliphatic hydroxyl groups excluding tert-OH is 1. The molecule has 1 aromatic carbocycles. The van der Waals surface area contributed by atoms with Crippen LogP contribution in [0.2, 0.25) is 0 Å². The first-order valence-electron chi connectivity index (χ1n) is 6.76. The van der Waals surface area contributed by atoms with Gasteiger partial charge in [-0.05, 0) is 43.4 Å². The Labute approximate surface area is 108 Å². The zero-order valence-corrected chi connectivity index (χ0v) is 11.1. The van der Waals surface area contributed by atoms with Gasteiger partial charge in [0.05, 0.1) is 11.7 Å². The lowest BCUT2D eigenvalue weighted by Gasteiger charge is -2.31. The van der Waals surface area contributed by atoms with E-state index in [-0.39, 0.29) is 0 Å². The summed E-state index contributed by atoms with van der Waals surface area (Å²) in [7, 11) is 0. The number of aliphatic hydroxyl groups is 2. The summed E-state index contributed by atoms with van der Waals surface area (Å²) in [5.41, 5.74) is -0.303. The van der Waals surface area contributed by atoms with Crippen LogP contribution in [0, 0.1) is 0 Å². The second-order valence-electron chi connectivity index (χ2n) is 5.10. The summed E-state index contributed by atoms with van der Waals surface area (Å²) in [5, 5.41) is 20.5. The molecule has 1 unspecified atom stereocenters. The van der Waals surface area contributed by atoms with Crippen LogP contribution in [0.1, 0.15) is 51.2 Å². The van der Waals surface area contributed by atoms with Crippen LogP contribution in [0.3, 0.4) is 0 Å². The normalized spacial score (nSPS) is 17.6.